The molecule has 0 saturated carbocycles. The quantitative estimate of drug-likeness (QED) is 0.835. The van der Waals surface area contributed by atoms with Crippen molar-refractivity contribution in [2.24, 2.45) is 5.73 Å². The number of carbonyl (C=O) groups excluding carboxylic acids is 1. The van der Waals surface area contributed by atoms with Crippen molar-refractivity contribution in [3.8, 4) is 0 Å². The zero-order valence-corrected chi connectivity index (χ0v) is 11.7. The molecule has 2 aromatic carbocycles. The Morgan fingerprint density at radius 1 is 1.14 bits per heavy atom. The highest BCUT2D eigenvalue weighted by atomic mass is 32.2. The largest absolute Gasteiger partial charge is 0.396 e. The van der Waals surface area contributed by atoms with Crippen LogP contribution < -0.4 is 11.5 Å². The third-order valence-corrected chi connectivity index (χ3v) is 4.58. The van der Waals surface area contributed by atoms with E-state index in [0.29, 0.717) is 5.56 Å². The zero-order valence-electron chi connectivity index (χ0n) is 10.9. The lowest BCUT2D eigenvalue weighted by Gasteiger charge is -2.07. The number of carbonyl (C=O) groups is 1. The van der Waals surface area contributed by atoms with E-state index in [2.05, 4.69) is 0 Å². The summed E-state index contributed by atoms with van der Waals surface area (Å²) in [5.74, 6) is -1.80. The van der Waals surface area contributed by atoms with Crippen LogP contribution in [0.3, 0.4) is 0 Å². The number of anilines is 1. The van der Waals surface area contributed by atoms with Crippen LogP contribution in [-0.4, -0.2) is 14.3 Å². The van der Waals surface area contributed by atoms with Crippen molar-refractivity contribution in [1.82, 2.24) is 0 Å². The highest BCUT2D eigenvalue weighted by Gasteiger charge is 2.17. The fourth-order valence-electron chi connectivity index (χ4n) is 1.82. The molecule has 0 aliphatic heterocycles. The molecule has 0 spiro atoms. The van der Waals surface area contributed by atoms with Crippen LogP contribution in [0.15, 0.2) is 47.4 Å². The summed E-state index contributed by atoms with van der Waals surface area (Å²) in [7, 11) is -3.74. The lowest BCUT2D eigenvalue weighted by Crippen LogP contribution is -2.12. The van der Waals surface area contributed by atoms with E-state index >= 15 is 0 Å². The monoisotopic (exact) mass is 308 g/mol. The predicted octanol–water partition coefficient (Wildman–Crippen LogP) is 1.48. The average Bonchev–Trinajstić information content (AvgIpc) is 2.41. The van der Waals surface area contributed by atoms with Crippen molar-refractivity contribution >= 4 is 21.4 Å². The van der Waals surface area contributed by atoms with Gasteiger partial charge in [0.25, 0.3) is 0 Å². The van der Waals surface area contributed by atoms with E-state index in [9.17, 15) is 17.6 Å². The van der Waals surface area contributed by atoms with E-state index in [1.54, 1.807) is 6.07 Å². The molecule has 2 aromatic rings. The molecule has 110 valence electrons. The van der Waals surface area contributed by atoms with E-state index < -0.39 is 21.6 Å². The summed E-state index contributed by atoms with van der Waals surface area (Å²) >= 11 is 0. The Morgan fingerprint density at radius 2 is 1.86 bits per heavy atom. The van der Waals surface area contributed by atoms with Crippen molar-refractivity contribution in [3.05, 3.63) is 59.4 Å². The molecule has 1 amide bonds. The van der Waals surface area contributed by atoms with Crippen molar-refractivity contribution < 1.29 is 17.6 Å². The van der Waals surface area contributed by atoms with Crippen molar-refractivity contribution in [2.45, 2.75) is 10.6 Å². The highest BCUT2D eigenvalue weighted by molar-refractivity contribution is 7.90. The molecule has 21 heavy (non-hydrogen) atoms. The van der Waals surface area contributed by atoms with Crippen LogP contribution in [0.25, 0.3) is 0 Å². The van der Waals surface area contributed by atoms with E-state index in [1.807, 2.05) is 0 Å². The molecule has 0 aliphatic carbocycles. The molecule has 5 nitrogen and oxygen atoms in total. The Kier molecular flexibility index (Phi) is 3.95. The first kappa shape index (κ1) is 15.0. The second-order valence-electron chi connectivity index (χ2n) is 4.51. The third kappa shape index (κ3) is 3.38. The van der Waals surface area contributed by atoms with E-state index in [4.69, 9.17) is 11.5 Å². The average molecular weight is 308 g/mol. The maximum atomic E-state index is 13.4. The first-order valence-electron chi connectivity index (χ1n) is 5.96. The van der Waals surface area contributed by atoms with Crippen LogP contribution >= 0.6 is 0 Å². The Hall–Kier alpha value is -2.41. The summed E-state index contributed by atoms with van der Waals surface area (Å²) in [6, 6.07) is 9.29. The second kappa shape index (κ2) is 5.53. The predicted molar refractivity (Wildman–Crippen MR) is 76.7 cm³/mol. The van der Waals surface area contributed by atoms with Gasteiger partial charge < -0.3 is 11.5 Å². The van der Waals surface area contributed by atoms with Gasteiger partial charge in [0.1, 0.15) is 5.82 Å². The van der Waals surface area contributed by atoms with Crippen LogP contribution in [0.2, 0.25) is 0 Å². The molecule has 0 fully saturated rings. The fourth-order valence-corrected chi connectivity index (χ4v) is 3.16. The summed E-state index contributed by atoms with van der Waals surface area (Å²) in [5.41, 5.74) is 10.9. The number of hydrogen-bond donors (Lipinski definition) is 2. The summed E-state index contributed by atoms with van der Waals surface area (Å²) < 4.78 is 37.8. The van der Waals surface area contributed by atoms with Gasteiger partial charge in [0.15, 0.2) is 9.84 Å². The van der Waals surface area contributed by atoms with E-state index in [0.717, 1.165) is 6.07 Å². The molecule has 2 rings (SSSR count). The van der Waals surface area contributed by atoms with Gasteiger partial charge in [-0.05, 0) is 35.9 Å². The van der Waals surface area contributed by atoms with Crippen LogP contribution in [-0.2, 0) is 15.6 Å². The second-order valence-corrected chi connectivity index (χ2v) is 6.50. The molecule has 0 radical (unpaired) electrons. The van der Waals surface area contributed by atoms with Crippen LogP contribution in [0.4, 0.5) is 10.1 Å². The van der Waals surface area contributed by atoms with Gasteiger partial charge in [-0.25, -0.2) is 12.8 Å². The van der Waals surface area contributed by atoms with Crippen molar-refractivity contribution in [1.29, 1.82) is 0 Å². The topological polar surface area (TPSA) is 103 Å². The van der Waals surface area contributed by atoms with Crippen LogP contribution in [0, 0.1) is 5.82 Å². The summed E-state index contributed by atoms with van der Waals surface area (Å²) in [6.45, 7) is 0. The Morgan fingerprint density at radius 3 is 2.48 bits per heavy atom. The number of nitrogens with two attached hydrogens (primary N) is 2. The lowest BCUT2D eigenvalue weighted by molar-refractivity contribution is 0.1000. The molecule has 0 saturated heterocycles. The SMILES string of the molecule is NC(=O)c1cccc(CS(=O)(=O)c2ccc(N)c(F)c2)c1. The number of rotatable bonds is 4. The lowest BCUT2D eigenvalue weighted by atomic mass is 10.1. The van der Waals surface area contributed by atoms with E-state index in [1.165, 1.54) is 30.3 Å². The van der Waals surface area contributed by atoms with Gasteiger partial charge >= 0.3 is 0 Å². The Bertz CT molecular complexity index is 804. The van der Waals surface area contributed by atoms with E-state index in [-0.39, 0.29) is 21.9 Å². The Labute approximate surface area is 121 Å². The molecule has 0 unspecified atom stereocenters. The molecule has 0 bridgehead atoms. The van der Waals surface area contributed by atoms with Gasteiger partial charge in [0.05, 0.1) is 16.3 Å². The molecular weight excluding hydrogens is 295 g/mol. The number of hydrogen-bond acceptors (Lipinski definition) is 4. The standard InChI is InChI=1S/C14H13FN2O3S/c15-12-7-11(4-5-13(12)16)21(19,20)8-9-2-1-3-10(6-9)14(17)18/h1-7H,8,16H2,(H2,17,18). The minimum absolute atomic E-state index is 0.121. The maximum absolute atomic E-state index is 13.4. The smallest absolute Gasteiger partial charge is 0.248 e. The summed E-state index contributed by atoms with van der Waals surface area (Å²) in [4.78, 5) is 10.9. The number of primary amides is 1. The highest BCUT2D eigenvalue weighted by Crippen LogP contribution is 2.20. The number of sulfone groups is 1. The van der Waals surface area contributed by atoms with Crippen molar-refractivity contribution in [2.75, 3.05) is 5.73 Å². The summed E-state index contributed by atoms with van der Waals surface area (Å²) in [6.07, 6.45) is 0. The Balaban J connectivity index is 2.35. The van der Waals surface area contributed by atoms with Gasteiger partial charge in [-0.2, -0.15) is 0 Å². The van der Waals surface area contributed by atoms with Crippen LogP contribution in [0.1, 0.15) is 15.9 Å². The third-order valence-electron chi connectivity index (χ3n) is 2.90. The molecule has 4 N–H and O–H groups in total. The zero-order chi connectivity index (χ0) is 15.6. The minimum Gasteiger partial charge on any atom is -0.396 e. The molecule has 0 atom stereocenters. The first-order chi connectivity index (χ1) is 9.79. The normalized spacial score (nSPS) is 11.3. The fraction of sp³-hybridized carbons (Fsp3) is 0.0714. The van der Waals surface area contributed by atoms with Crippen LogP contribution in [0.5, 0.6) is 0 Å². The van der Waals surface area contributed by atoms with Crippen molar-refractivity contribution in [3.63, 3.8) is 0 Å². The van der Waals surface area contributed by atoms with Gasteiger partial charge in [-0.3, -0.25) is 4.79 Å². The number of benzene rings is 2. The van der Waals surface area contributed by atoms with Gasteiger partial charge in [-0.1, -0.05) is 12.1 Å². The molecule has 7 heteroatoms. The molecule has 0 aromatic heterocycles. The number of nitrogen functional groups attached to an aromatic ring is 1. The van der Waals surface area contributed by atoms with Gasteiger partial charge in [0, 0.05) is 5.56 Å². The first-order valence-corrected chi connectivity index (χ1v) is 7.61. The number of halogens is 1. The van der Waals surface area contributed by atoms with Gasteiger partial charge in [-0.15, -0.1) is 0 Å². The summed E-state index contributed by atoms with van der Waals surface area (Å²) in [5, 5.41) is 0. The minimum atomic E-state index is -3.74. The molecule has 0 heterocycles. The number of amides is 1. The molecule has 0 aliphatic rings. The van der Waals surface area contributed by atoms with Gasteiger partial charge in [0.2, 0.25) is 5.91 Å². The molecular formula is C14H13FN2O3S. The maximum Gasteiger partial charge on any atom is 0.248 e.